The standard InChI is InChI=1S/C13H22N4O2S/c1-15(2)13-10-11(7-8-14-13)12-6-5-9-17(12)20(18,19)16(3)4/h7-8,10,12H,5-6,9H2,1-4H3. The summed E-state index contributed by atoms with van der Waals surface area (Å²) >= 11 is 0. The lowest BCUT2D eigenvalue weighted by molar-refractivity contribution is 0.362. The van der Waals surface area contributed by atoms with E-state index in [0.29, 0.717) is 6.54 Å². The molecule has 0 aliphatic carbocycles. The van der Waals surface area contributed by atoms with E-state index in [2.05, 4.69) is 4.98 Å². The maximum atomic E-state index is 12.4. The lowest BCUT2D eigenvalue weighted by Crippen LogP contribution is -2.39. The van der Waals surface area contributed by atoms with Crippen LogP contribution in [0.5, 0.6) is 0 Å². The summed E-state index contributed by atoms with van der Waals surface area (Å²) in [5, 5.41) is 0. The minimum atomic E-state index is -3.37. The van der Waals surface area contributed by atoms with Gasteiger partial charge in [-0.1, -0.05) is 0 Å². The Morgan fingerprint density at radius 2 is 2.00 bits per heavy atom. The molecule has 1 atom stereocenters. The quantitative estimate of drug-likeness (QED) is 0.835. The Hall–Kier alpha value is -1.18. The van der Waals surface area contributed by atoms with Gasteiger partial charge in [-0.15, -0.1) is 0 Å². The van der Waals surface area contributed by atoms with E-state index in [0.717, 1.165) is 24.2 Å². The average molecular weight is 298 g/mol. The number of pyridine rings is 1. The van der Waals surface area contributed by atoms with Gasteiger partial charge in [0.25, 0.3) is 10.2 Å². The molecule has 0 N–H and O–H groups in total. The predicted octanol–water partition coefficient (Wildman–Crippen LogP) is 1.09. The van der Waals surface area contributed by atoms with Gasteiger partial charge in [0.05, 0.1) is 6.04 Å². The van der Waals surface area contributed by atoms with Gasteiger partial charge in [0, 0.05) is 40.9 Å². The summed E-state index contributed by atoms with van der Waals surface area (Å²) in [6, 6.07) is 3.78. The monoisotopic (exact) mass is 298 g/mol. The second kappa shape index (κ2) is 5.67. The van der Waals surface area contributed by atoms with Gasteiger partial charge in [0.15, 0.2) is 0 Å². The molecule has 1 saturated heterocycles. The summed E-state index contributed by atoms with van der Waals surface area (Å²) in [5.41, 5.74) is 1.01. The first kappa shape index (κ1) is 15.2. The van der Waals surface area contributed by atoms with Crippen LogP contribution < -0.4 is 4.90 Å². The molecule has 1 unspecified atom stereocenters. The highest BCUT2D eigenvalue weighted by atomic mass is 32.2. The van der Waals surface area contributed by atoms with Crippen molar-refractivity contribution in [2.24, 2.45) is 0 Å². The van der Waals surface area contributed by atoms with Crippen LogP contribution in [0.3, 0.4) is 0 Å². The van der Waals surface area contributed by atoms with Crippen molar-refractivity contribution in [3.63, 3.8) is 0 Å². The van der Waals surface area contributed by atoms with Crippen LogP contribution in [0.1, 0.15) is 24.4 Å². The molecule has 0 amide bonds. The zero-order chi connectivity index (χ0) is 14.9. The number of hydrogen-bond donors (Lipinski definition) is 0. The van der Waals surface area contributed by atoms with Gasteiger partial charge in [-0.3, -0.25) is 0 Å². The van der Waals surface area contributed by atoms with Gasteiger partial charge in [-0.05, 0) is 30.5 Å². The van der Waals surface area contributed by atoms with Gasteiger partial charge >= 0.3 is 0 Å². The number of rotatable bonds is 4. The van der Waals surface area contributed by atoms with Crippen LogP contribution in [0.25, 0.3) is 0 Å². The van der Waals surface area contributed by atoms with E-state index >= 15 is 0 Å². The van der Waals surface area contributed by atoms with E-state index in [4.69, 9.17) is 0 Å². The Morgan fingerprint density at radius 3 is 2.60 bits per heavy atom. The summed E-state index contributed by atoms with van der Waals surface area (Å²) in [6.45, 7) is 0.574. The van der Waals surface area contributed by atoms with Crippen molar-refractivity contribution in [1.29, 1.82) is 0 Å². The highest BCUT2D eigenvalue weighted by molar-refractivity contribution is 7.86. The van der Waals surface area contributed by atoms with Crippen LogP contribution in [0.4, 0.5) is 5.82 Å². The van der Waals surface area contributed by atoms with Crippen molar-refractivity contribution in [3.8, 4) is 0 Å². The van der Waals surface area contributed by atoms with Crippen molar-refractivity contribution in [2.45, 2.75) is 18.9 Å². The van der Waals surface area contributed by atoms with E-state index < -0.39 is 10.2 Å². The number of hydrogen-bond acceptors (Lipinski definition) is 4. The maximum Gasteiger partial charge on any atom is 0.282 e. The average Bonchev–Trinajstić information content (AvgIpc) is 2.88. The zero-order valence-corrected chi connectivity index (χ0v) is 13.3. The summed E-state index contributed by atoms with van der Waals surface area (Å²) in [6.07, 6.45) is 3.48. The molecule has 7 heteroatoms. The predicted molar refractivity (Wildman–Crippen MR) is 79.9 cm³/mol. The lowest BCUT2D eigenvalue weighted by Gasteiger charge is -2.27. The molecule has 20 heavy (non-hydrogen) atoms. The van der Waals surface area contributed by atoms with Crippen LogP contribution in [0.2, 0.25) is 0 Å². The second-order valence-electron chi connectivity index (χ2n) is 5.40. The molecule has 1 fully saturated rings. The molecular weight excluding hydrogens is 276 g/mol. The third-order valence-electron chi connectivity index (χ3n) is 3.57. The zero-order valence-electron chi connectivity index (χ0n) is 12.4. The Morgan fingerprint density at radius 1 is 1.30 bits per heavy atom. The Kier molecular flexibility index (Phi) is 4.31. The minimum Gasteiger partial charge on any atom is -0.363 e. The van der Waals surface area contributed by atoms with Crippen LogP contribution >= 0.6 is 0 Å². The Bertz CT molecular complexity index is 571. The molecule has 0 saturated carbocycles. The first-order valence-corrected chi connectivity index (χ1v) is 8.06. The van der Waals surface area contributed by atoms with Crippen molar-refractivity contribution in [3.05, 3.63) is 23.9 Å². The third-order valence-corrected chi connectivity index (χ3v) is 5.53. The molecule has 6 nitrogen and oxygen atoms in total. The normalized spacial score (nSPS) is 20.6. The number of anilines is 1. The first-order valence-electron chi connectivity index (χ1n) is 6.66. The number of nitrogens with zero attached hydrogens (tertiary/aromatic N) is 4. The molecule has 0 radical (unpaired) electrons. The highest BCUT2D eigenvalue weighted by Crippen LogP contribution is 2.35. The topological polar surface area (TPSA) is 56.8 Å². The van der Waals surface area contributed by atoms with Gasteiger partial charge < -0.3 is 4.90 Å². The fourth-order valence-corrected chi connectivity index (χ4v) is 3.77. The van der Waals surface area contributed by atoms with E-state index in [1.54, 1.807) is 24.6 Å². The van der Waals surface area contributed by atoms with Gasteiger partial charge in [-0.25, -0.2) is 4.98 Å². The highest BCUT2D eigenvalue weighted by Gasteiger charge is 2.36. The molecule has 112 valence electrons. The third kappa shape index (κ3) is 2.79. The smallest absolute Gasteiger partial charge is 0.282 e. The van der Waals surface area contributed by atoms with E-state index in [1.165, 1.54) is 4.31 Å². The summed E-state index contributed by atoms with van der Waals surface area (Å²) in [4.78, 5) is 6.20. The van der Waals surface area contributed by atoms with Crippen LogP contribution in [-0.4, -0.2) is 56.7 Å². The van der Waals surface area contributed by atoms with Crippen LogP contribution in [-0.2, 0) is 10.2 Å². The summed E-state index contributed by atoms with van der Waals surface area (Å²) < 4.78 is 27.6. The van der Waals surface area contributed by atoms with Crippen molar-refractivity contribution >= 4 is 16.0 Å². The largest absolute Gasteiger partial charge is 0.363 e. The molecule has 0 aromatic carbocycles. The molecule has 1 aromatic heterocycles. The summed E-state index contributed by atoms with van der Waals surface area (Å²) in [5.74, 6) is 0.844. The Balaban J connectivity index is 2.34. The van der Waals surface area contributed by atoms with E-state index in [1.807, 2.05) is 31.1 Å². The minimum absolute atomic E-state index is 0.0934. The van der Waals surface area contributed by atoms with Crippen LogP contribution in [0.15, 0.2) is 18.3 Å². The van der Waals surface area contributed by atoms with Gasteiger partial charge in [-0.2, -0.15) is 17.0 Å². The Labute approximate surface area is 121 Å². The maximum absolute atomic E-state index is 12.4. The van der Waals surface area contributed by atoms with E-state index in [9.17, 15) is 8.42 Å². The first-order chi connectivity index (χ1) is 9.34. The SMILES string of the molecule is CN(C)c1cc(C2CCCN2S(=O)(=O)N(C)C)ccn1. The van der Waals surface area contributed by atoms with Crippen molar-refractivity contribution in [1.82, 2.24) is 13.6 Å². The molecular formula is C13H22N4O2S. The molecule has 0 spiro atoms. The fourth-order valence-electron chi connectivity index (χ4n) is 2.45. The second-order valence-corrected chi connectivity index (χ2v) is 7.50. The van der Waals surface area contributed by atoms with E-state index in [-0.39, 0.29) is 6.04 Å². The van der Waals surface area contributed by atoms with Crippen LogP contribution in [0, 0.1) is 0 Å². The molecule has 0 bridgehead atoms. The lowest BCUT2D eigenvalue weighted by atomic mass is 10.1. The van der Waals surface area contributed by atoms with Gasteiger partial charge in [0.1, 0.15) is 5.82 Å². The fraction of sp³-hybridized carbons (Fsp3) is 0.615. The number of aromatic nitrogens is 1. The molecule has 2 heterocycles. The van der Waals surface area contributed by atoms with Crippen molar-refractivity contribution in [2.75, 3.05) is 39.6 Å². The molecule has 1 aliphatic rings. The molecule has 1 aromatic rings. The summed E-state index contributed by atoms with van der Waals surface area (Å²) in [7, 11) is 3.62. The van der Waals surface area contributed by atoms with Crippen molar-refractivity contribution < 1.29 is 8.42 Å². The van der Waals surface area contributed by atoms with Gasteiger partial charge in [0.2, 0.25) is 0 Å². The molecule has 2 rings (SSSR count). The molecule has 1 aliphatic heterocycles.